The molecule has 1 heterocycles. The lowest BCUT2D eigenvalue weighted by molar-refractivity contribution is 0.208. The standard InChI is InChI=1S/C15H25N5O2S/c1-20(2)10-13-4-5-14(22-13)11-23-9-7-18-15(19-12-16)17-6-8-21-3/h4-5H,6-11H2,1-3H3,(H2,17,18,19). The molecule has 0 saturated carbocycles. The molecular formula is C15H25N5O2S. The van der Waals surface area contributed by atoms with Crippen molar-refractivity contribution in [3.63, 3.8) is 0 Å². The predicted molar refractivity (Wildman–Crippen MR) is 93.2 cm³/mol. The SMILES string of the molecule is COCCN=C(NC#N)NCCSCc1ccc(CN(C)C)o1. The molecule has 23 heavy (non-hydrogen) atoms. The second kappa shape index (κ2) is 11.8. The molecule has 128 valence electrons. The quantitative estimate of drug-likeness (QED) is 0.218. The van der Waals surface area contributed by atoms with Gasteiger partial charge in [0.05, 0.1) is 25.4 Å². The second-order valence-electron chi connectivity index (χ2n) is 5.05. The van der Waals surface area contributed by atoms with Gasteiger partial charge in [0.2, 0.25) is 5.96 Å². The van der Waals surface area contributed by atoms with Crippen LogP contribution in [0.4, 0.5) is 0 Å². The van der Waals surface area contributed by atoms with Crippen molar-refractivity contribution in [3.05, 3.63) is 23.7 Å². The van der Waals surface area contributed by atoms with Crippen LogP contribution in [0.1, 0.15) is 11.5 Å². The predicted octanol–water partition coefficient (Wildman–Crippen LogP) is 1.24. The molecule has 1 rings (SSSR count). The Labute approximate surface area is 142 Å². The van der Waals surface area contributed by atoms with E-state index in [1.54, 1.807) is 18.9 Å². The highest BCUT2D eigenvalue weighted by atomic mass is 32.2. The number of furan rings is 1. The third kappa shape index (κ3) is 9.13. The van der Waals surface area contributed by atoms with Gasteiger partial charge >= 0.3 is 0 Å². The number of nitrogens with zero attached hydrogens (tertiary/aromatic N) is 3. The molecule has 1 aromatic heterocycles. The first kappa shape index (κ1) is 19.4. The van der Waals surface area contributed by atoms with E-state index in [4.69, 9.17) is 14.4 Å². The Morgan fingerprint density at radius 2 is 2.22 bits per heavy atom. The number of methoxy groups -OCH3 is 1. The second-order valence-corrected chi connectivity index (χ2v) is 6.15. The molecule has 0 saturated heterocycles. The lowest BCUT2D eigenvalue weighted by Crippen LogP contribution is -2.36. The lowest BCUT2D eigenvalue weighted by atomic mass is 10.4. The van der Waals surface area contributed by atoms with Crippen LogP contribution in [0.25, 0.3) is 0 Å². The number of nitriles is 1. The largest absolute Gasteiger partial charge is 0.464 e. The first-order valence-electron chi connectivity index (χ1n) is 7.38. The summed E-state index contributed by atoms with van der Waals surface area (Å²) in [6, 6.07) is 4.04. The summed E-state index contributed by atoms with van der Waals surface area (Å²) in [4.78, 5) is 6.28. The van der Waals surface area contributed by atoms with Gasteiger partial charge in [-0.25, -0.2) is 0 Å². The number of rotatable bonds is 10. The number of nitrogens with one attached hydrogen (secondary N) is 2. The summed E-state index contributed by atoms with van der Waals surface area (Å²) in [5, 5.41) is 14.3. The van der Waals surface area contributed by atoms with Crippen molar-refractivity contribution in [1.82, 2.24) is 15.5 Å². The zero-order valence-electron chi connectivity index (χ0n) is 14.0. The molecule has 0 atom stereocenters. The van der Waals surface area contributed by atoms with Crippen molar-refractivity contribution in [2.24, 2.45) is 4.99 Å². The summed E-state index contributed by atoms with van der Waals surface area (Å²) >= 11 is 1.77. The number of guanidine groups is 1. The van der Waals surface area contributed by atoms with Gasteiger partial charge in [0, 0.05) is 19.4 Å². The van der Waals surface area contributed by atoms with Gasteiger partial charge in [-0.3, -0.25) is 10.3 Å². The van der Waals surface area contributed by atoms with Crippen LogP contribution in [0.2, 0.25) is 0 Å². The fourth-order valence-corrected chi connectivity index (χ4v) is 2.50. The fraction of sp³-hybridized carbons (Fsp3) is 0.600. The third-order valence-corrected chi connectivity index (χ3v) is 3.69. The first-order valence-corrected chi connectivity index (χ1v) is 8.53. The molecule has 0 unspecified atom stereocenters. The average molecular weight is 339 g/mol. The minimum absolute atomic E-state index is 0.483. The third-order valence-electron chi connectivity index (χ3n) is 2.71. The van der Waals surface area contributed by atoms with E-state index < -0.39 is 0 Å². The fourth-order valence-electron chi connectivity index (χ4n) is 1.75. The van der Waals surface area contributed by atoms with Crippen molar-refractivity contribution in [2.75, 3.05) is 46.7 Å². The first-order chi connectivity index (χ1) is 11.2. The van der Waals surface area contributed by atoms with Gasteiger partial charge in [0.25, 0.3) is 0 Å². The van der Waals surface area contributed by atoms with Gasteiger partial charge in [-0.15, -0.1) is 0 Å². The Balaban J connectivity index is 2.21. The summed E-state index contributed by atoms with van der Waals surface area (Å²) in [7, 11) is 5.66. The molecule has 0 aliphatic rings. The lowest BCUT2D eigenvalue weighted by Gasteiger charge is -2.07. The maximum absolute atomic E-state index is 8.68. The van der Waals surface area contributed by atoms with Gasteiger partial charge in [0.15, 0.2) is 6.19 Å². The van der Waals surface area contributed by atoms with E-state index >= 15 is 0 Å². The maximum Gasteiger partial charge on any atom is 0.204 e. The molecule has 0 aromatic carbocycles. The highest BCUT2D eigenvalue weighted by Gasteiger charge is 2.03. The van der Waals surface area contributed by atoms with Gasteiger partial charge < -0.3 is 19.4 Å². The van der Waals surface area contributed by atoms with Crippen LogP contribution in [-0.2, 0) is 17.0 Å². The van der Waals surface area contributed by atoms with E-state index in [2.05, 4.69) is 20.5 Å². The van der Waals surface area contributed by atoms with Crippen LogP contribution in [-0.4, -0.2) is 57.5 Å². The van der Waals surface area contributed by atoms with Gasteiger partial charge in [0.1, 0.15) is 11.5 Å². The summed E-state index contributed by atoms with van der Waals surface area (Å²) in [5.41, 5.74) is 0. The molecule has 0 amide bonds. The topological polar surface area (TPSA) is 85.8 Å². The highest BCUT2D eigenvalue weighted by molar-refractivity contribution is 7.98. The van der Waals surface area contributed by atoms with Crippen LogP contribution in [0, 0.1) is 11.5 Å². The Kier molecular flexibility index (Phi) is 9.95. The van der Waals surface area contributed by atoms with Crippen LogP contribution in [0.15, 0.2) is 21.5 Å². The van der Waals surface area contributed by atoms with Crippen LogP contribution in [0.3, 0.4) is 0 Å². The number of aliphatic imine (C=N–C) groups is 1. The Morgan fingerprint density at radius 3 is 2.91 bits per heavy atom. The number of thioether (sulfide) groups is 1. The number of hydrogen-bond donors (Lipinski definition) is 2. The van der Waals surface area contributed by atoms with E-state index in [0.29, 0.717) is 19.1 Å². The van der Waals surface area contributed by atoms with Gasteiger partial charge in [-0.2, -0.15) is 17.0 Å². The van der Waals surface area contributed by atoms with Gasteiger partial charge in [-0.1, -0.05) is 0 Å². The van der Waals surface area contributed by atoms with Crippen molar-refractivity contribution in [3.8, 4) is 6.19 Å². The Hall–Kier alpha value is -1.69. The molecule has 0 aliphatic heterocycles. The summed E-state index contributed by atoms with van der Waals surface area (Å²) in [6.45, 7) is 2.58. The molecule has 0 bridgehead atoms. The van der Waals surface area contributed by atoms with E-state index in [-0.39, 0.29) is 0 Å². The molecule has 2 N–H and O–H groups in total. The van der Waals surface area contributed by atoms with Crippen molar-refractivity contribution in [2.45, 2.75) is 12.3 Å². The van der Waals surface area contributed by atoms with E-state index in [1.807, 2.05) is 32.4 Å². The smallest absolute Gasteiger partial charge is 0.204 e. The average Bonchev–Trinajstić information content (AvgIpc) is 2.93. The molecule has 7 nitrogen and oxygen atoms in total. The Morgan fingerprint density at radius 1 is 1.43 bits per heavy atom. The summed E-state index contributed by atoms with van der Waals surface area (Å²) in [6.07, 6.45) is 1.87. The molecule has 8 heteroatoms. The number of ether oxygens (including phenoxy) is 1. The van der Waals surface area contributed by atoms with Crippen LogP contribution < -0.4 is 10.6 Å². The van der Waals surface area contributed by atoms with E-state index in [9.17, 15) is 0 Å². The molecule has 1 aromatic rings. The molecule has 0 radical (unpaired) electrons. The van der Waals surface area contributed by atoms with Gasteiger partial charge in [-0.05, 0) is 26.2 Å². The van der Waals surface area contributed by atoms with E-state index in [0.717, 1.165) is 36.1 Å². The minimum Gasteiger partial charge on any atom is -0.464 e. The normalized spacial score (nSPS) is 11.5. The summed E-state index contributed by atoms with van der Waals surface area (Å²) < 4.78 is 10.7. The van der Waals surface area contributed by atoms with Crippen molar-refractivity contribution >= 4 is 17.7 Å². The zero-order chi connectivity index (χ0) is 16.9. The highest BCUT2D eigenvalue weighted by Crippen LogP contribution is 2.15. The molecule has 0 fully saturated rings. The van der Waals surface area contributed by atoms with Crippen molar-refractivity contribution in [1.29, 1.82) is 5.26 Å². The van der Waals surface area contributed by atoms with Crippen LogP contribution >= 0.6 is 11.8 Å². The maximum atomic E-state index is 8.68. The zero-order valence-corrected chi connectivity index (χ0v) is 14.8. The molecule has 0 spiro atoms. The van der Waals surface area contributed by atoms with E-state index in [1.165, 1.54) is 0 Å². The van der Waals surface area contributed by atoms with Crippen LogP contribution in [0.5, 0.6) is 0 Å². The minimum atomic E-state index is 0.483. The number of hydrogen-bond acceptors (Lipinski definition) is 6. The Bertz CT molecular complexity index is 510. The monoisotopic (exact) mass is 339 g/mol. The summed E-state index contributed by atoms with van der Waals surface area (Å²) in [5.74, 6) is 4.17. The molecular weight excluding hydrogens is 314 g/mol. The molecule has 0 aliphatic carbocycles. The van der Waals surface area contributed by atoms with Crippen molar-refractivity contribution < 1.29 is 9.15 Å².